The van der Waals surface area contributed by atoms with Gasteiger partial charge in [0.1, 0.15) is 0 Å². The van der Waals surface area contributed by atoms with Crippen molar-refractivity contribution in [2.45, 2.75) is 55.5 Å². The number of nitrogens with zero attached hydrogens (tertiary/aromatic N) is 5. The lowest BCUT2D eigenvalue weighted by molar-refractivity contribution is -0.192. The summed E-state index contributed by atoms with van der Waals surface area (Å²) >= 11 is 0. The summed E-state index contributed by atoms with van der Waals surface area (Å²) in [7, 11) is -4.00. The number of carboxylic acids is 1. The molecular formula is C25H23F6N7O4S. The molecule has 7 rings (SSSR count). The Morgan fingerprint density at radius 1 is 1.16 bits per heavy atom. The smallest absolute Gasteiger partial charge is 0.475 e. The Labute approximate surface area is 239 Å². The molecule has 0 amide bonds. The molecule has 0 atom stereocenters. The quantitative estimate of drug-likeness (QED) is 0.269. The van der Waals surface area contributed by atoms with Crippen LogP contribution in [0, 0.1) is 12.3 Å². The summed E-state index contributed by atoms with van der Waals surface area (Å²) in [6.45, 7) is 2.51. The zero-order valence-corrected chi connectivity index (χ0v) is 22.9. The van der Waals surface area contributed by atoms with Crippen LogP contribution in [0.3, 0.4) is 0 Å². The number of benzene rings is 1. The molecule has 3 heterocycles. The molecule has 3 aliphatic rings. The highest BCUT2D eigenvalue weighted by atomic mass is 32.2. The molecule has 230 valence electrons. The summed E-state index contributed by atoms with van der Waals surface area (Å²) in [5.74, 6) is -3.16. The zero-order valence-electron chi connectivity index (χ0n) is 22.1. The lowest BCUT2D eigenvalue weighted by atomic mass is 9.40. The highest BCUT2D eigenvalue weighted by molar-refractivity contribution is 7.89. The molecule has 0 saturated heterocycles. The number of rotatable bonds is 6. The van der Waals surface area contributed by atoms with Gasteiger partial charge in [0.15, 0.2) is 17.2 Å². The molecule has 3 aromatic heterocycles. The number of anilines is 1. The average molecular weight is 632 g/mol. The van der Waals surface area contributed by atoms with E-state index in [0.29, 0.717) is 19.3 Å². The van der Waals surface area contributed by atoms with Crippen LogP contribution in [0.1, 0.15) is 30.5 Å². The minimum absolute atomic E-state index is 0.01000. The fourth-order valence-corrected chi connectivity index (χ4v) is 7.37. The Morgan fingerprint density at radius 2 is 1.81 bits per heavy atom. The van der Waals surface area contributed by atoms with Crippen LogP contribution in [0.15, 0.2) is 53.9 Å². The summed E-state index contributed by atoms with van der Waals surface area (Å²) in [4.78, 5) is 16.4. The lowest BCUT2D eigenvalue weighted by Gasteiger charge is -2.70. The van der Waals surface area contributed by atoms with Gasteiger partial charge in [0.2, 0.25) is 10.0 Å². The number of sulfonamides is 1. The maximum atomic E-state index is 13.6. The van der Waals surface area contributed by atoms with E-state index in [9.17, 15) is 34.8 Å². The van der Waals surface area contributed by atoms with Crippen LogP contribution in [-0.2, 0) is 27.5 Å². The van der Waals surface area contributed by atoms with E-state index in [1.165, 1.54) is 12.3 Å². The number of aryl methyl sites for hydroxylation is 1. The molecule has 0 radical (unpaired) electrons. The third kappa shape index (κ3) is 5.75. The number of alkyl halides is 6. The first-order valence-corrected chi connectivity index (χ1v) is 13.9. The number of fused-ring (bicyclic) bond motifs is 1. The Morgan fingerprint density at radius 3 is 2.37 bits per heavy atom. The molecule has 3 fully saturated rings. The highest BCUT2D eigenvalue weighted by Crippen LogP contribution is 2.68. The van der Waals surface area contributed by atoms with Crippen molar-refractivity contribution in [3.05, 3.63) is 60.3 Å². The second kappa shape index (κ2) is 9.94. The van der Waals surface area contributed by atoms with E-state index in [1.54, 1.807) is 25.3 Å². The van der Waals surface area contributed by atoms with E-state index in [-0.39, 0.29) is 27.2 Å². The van der Waals surface area contributed by atoms with E-state index in [2.05, 4.69) is 19.8 Å². The number of imidazole rings is 1. The maximum Gasteiger partial charge on any atom is 0.490 e. The second-order valence-electron chi connectivity index (χ2n) is 10.8. The standard InChI is InChI=1S/C23H22F3N7O2S.C2HF3O2/c1-14-3-4-17(36(34,35)31-22-10-21(11-22,12-22)13-32-6-2-5-29-32)15(7-14)16-8-28-20-19(27)30-18(9-33(16)20)23(24,25)26;3-2(4,5)1(6)7/h2-9,31H,10-13H2,1H3,(H2,27,30);(H,6,7). The molecule has 18 heteroatoms. The Bertz CT molecular complexity index is 1800. The fourth-order valence-electron chi connectivity index (χ4n) is 5.78. The van der Waals surface area contributed by atoms with Crippen LogP contribution in [0.5, 0.6) is 0 Å². The molecule has 11 nitrogen and oxygen atoms in total. The number of carbonyl (C=O) groups is 1. The van der Waals surface area contributed by atoms with Gasteiger partial charge in [-0.25, -0.2) is 27.9 Å². The Balaban J connectivity index is 0.000000472. The van der Waals surface area contributed by atoms with Gasteiger partial charge in [-0.15, -0.1) is 0 Å². The molecular weight excluding hydrogens is 608 g/mol. The van der Waals surface area contributed by atoms with Crippen molar-refractivity contribution < 1.29 is 44.7 Å². The monoisotopic (exact) mass is 631 g/mol. The molecule has 4 aromatic rings. The Kier molecular flexibility index (Phi) is 6.99. The Hall–Kier alpha value is -4.19. The molecule has 2 bridgehead atoms. The minimum Gasteiger partial charge on any atom is -0.475 e. The van der Waals surface area contributed by atoms with Gasteiger partial charge in [0.25, 0.3) is 0 Å². The molecule has 3 aliphatic carbocycles. The molecule has 0 aliphatic heterocycles. The van der Waals surface area contributed by atoms with Crippen LogP contribution in [-0.4, -0.2) is 55.4 Å². The lowest BCUT2D eigenvalue weighted by Crippen LogP contribution is -2.75. The fraction of sp³-hybridized carbons (Fsp3) is 0.360. The SMILES string of the molecule is Cc1ccc(S(=O)(=O)NC23CC(Cn4cccn4)(C2)C3)c(-c2cnc3c(N)nc(C(F)(F)F)cn23)c1.O=C(O)C(F)(F)F. The molecule has 4 N–H and O–H groups in total. The minimum atomic E-state index is -5.08. The van der Waals surface area contributed by atoms with Crippen molar-refractivity contribution in [1.29, 1.82) is 0 Å². The van der Waals surface area contributed by atoms with Crippen LogP contribution < -0.4 is 10.5 Å². The second-order valence-corrected chi connectivity index (χ2v) is 12.4. The summed E-state index contributed by atoms with van der Waals surface area (Å²) in [6.07, 6.45) is -2.03. The summed E-state index contributed by atoms with van der Waals surface area (Å²) in [5, 5.41) is 11.4. The summed E-state index contributed by atoms with van der Waals surface area (Å²) in [5.41, 5.74) is 5.20. The topological polar surface area (TPSA) is 157 Å². The van der Waals surface area contributed by atoms with Gasteiger partial charge in [0.05, 0.1) is 16.8 Å². The van der Waals surface area contributed by atoms with Gasteiger partial charge in [-0.2, -0.15) is 31.4 Å². The number of aromatic nitrogens is 5. The van der Waals surface area contributed by atoms with Crippen molar-refractivity contribution in [3.63, 3.8) is 0 Å². The van der Waals surface area contributed by atoms with Gasteiger partial charge in [-0.05, 0) is 49.8 Å². The number of hydrogen-bond donors (Lipinski definition) is 3. The number of hydrogen-bond acceptors (Lipinski definition) is 7. The van der Waals surface area contributed by atoms with E-state index in [4.69, 9.17) is 15.6 Å². The van der Waals surface area contributed by atoms with Gasteiger partial charge in [-0.3, -0.25) is 9.08 Å². The first-order chi connectivity index (χ1) is 19.8. The number of nitrogen functional groups attached to an aromatic ring is 1. The molecule has 3 saturated carbocycles. The summed E-state index contributed by atoms with van der Waals surface area (Å²) in [6, 6.07) is 6.58. The third-order valence-electron chi connectivity index (χ3n) is 7.30. The van der Waals surface area contributed by atoms with Crippen molar-refractivity contribution in [1.82, 2.24) is 28.9 Å². The van der Waals surface area contributed by atoms with Crippen molar-refractivity contribution in [2.75, 3.05) is 5.73 Å². The number of nitrogens with two attached hydrogens (primary N) is 1. The molecule has 1 aromatic carbocycles. The third-order valence-corrected chi connectivity index (χ3v) is 8.94. The van der Waals surface area contributed by atoms with Crippen molar-refractivity contribution in [3.8, 4) is 11.3 Å². The highest BCUT2D eigenvalue weighted by Gasteiger charge is 2.69. The van der Waals surface area contributed by atoms with Crippen molar-refractivity contribution >= 4 is 27.5 Å². The van der Waals surface area contributed by atoms with Gasteiger partial charge in [0, 0.05) is 36.2 Å². The number of halogens is 6. The van der Waals surface area contributed by atoms with Crippen LogP contribution in [0.2, 0.25) is 0 Å². The van der Waals surface area contributed by atoms with Gasteiger partial charge >= 0.3 is 18.3 Å². The van der Waals surface area contributed by atoms with E-state index in [1.807, 2.05) is 16.9 Å². The predicted octanol–water partition coefficient (Wildman–Crippen LogP) is 4.04. The van der Waals surface area contributed by atoms with Gasteiger partial charge < -0.3 is 10.8 Å². The first kappa shape index (κ1) is 30.3. The molecule has 43 heavy (non-hydrogen) atoms. The van der Waals surface area contributed by atoms with E-state index < -0.39 is 45.4 Å². The maximum absolute atomic E-state index is 13.6. The van der Waals surface area contributed by atoms with E-state index >= 15 is 0 Å². The number of carboxylic acid groups (broad SMARTS) is 1. The predicted molar refractivity (Wildman–Crippen MR) is 138 cm³/mol. The molecule has 0 spiro atoms. The first-order valence-electron chi connectivity index (χ1n) is 12.5. The summed E-state index contributed by atoms with van der Waals surface area (Å²) < 4.78 is 105. The van der Waals surface area contributed by atoms with Crippen molar-refractivity contribution in [2.24, 2.45) is 5.41 Å². The normalized spacial score (nSPS) is 21.5. The molecule has 0 unspecified atom stereocenters. The zero-order chi connectivity index (χ0) is 31.6. The average Bonchev–Trinajstić information content (AvgIpc) is 3.51. The number of aliphatic carboxylic acids is 1. The van der Waals surface area contributed by atoms with Crippen LogP contribution >= 0.6 is 0 Å². The largest absolute Gasteiger partial charge is 0.490 e. The van der Waals surface area contributed by atoms with Gasteiger partial charge in [-0.1, -0.05) is 11.6 Å². The van der Waals surface area contributed by atoms with Crippen LogP contribution in [0.25, 0.3) is 16.9 Å². The number of nitrogens with one attached hydrogen (secondary N) is 1. The van der Waals surface area contributed by atoms with Crippen LogP contribution in [0.4, 0.5) is 32.2 Å². The van der Waals surface area contributed by atoms with E-state index in [0.717, 1.165) is 22.7 Å².